The summed E-state index contributed by atoms with van der Waals surface area (Å²) < 4.78 is 30.6. The number of hydrogen-bond acceptors (Lipinski definition) is 6. The number of ether oxygens (including phenoxy) is 1. The molecule has 0 fully saturated rings. The zero-order valence-corrected chi connectivity index (χ0v) is 10.7. The van der Waals surface area contributed by atoms with Crippen molar-refractivity contribution >= 4 is 27.4 Å². The monoisotopic (exact) mass is 280 g/mol. The summed E-state index contributed by atoms with van der Waals surface area (Å²) >= 11 is 5.77. The molecule has 0 aliphatic rings. The topological polar surface area (TPSA) is 106 Å². The summed E-state index contributed by atoms with van der Waals surface area (Å²) in [6.07, 6.45) is 1.16. The van der Waals surface area contributed by atoms with Gasteiger partial charge in [0.2, 0.25) is 10.0 Å². The van der Waals surface area contributed by atoms with E-state index in [0.717, 1.165) is 6.20 Å². The first-order valence-electron chi connectivity index (χ1n) is 4.62. The van der Waals surface area contributed by atoms with Gasteiger partial charge in [-0.15, -0.1) is 0 Å². The normalized spacial score (nSPS) is 11.5. The Morgan fingerprint density at radius 1 is 1.59 bits per heavy atom. The highest BCUT2D eigenvalue weighted by Crippen LogP contribution is 2.21. The van der Waals surface area contributed by atoms with Crippen LogP contribution in [0, 0.1) is 0 Å². The summed E-state index contributed by atoms with van der Waals surface area (Å²) in [5, 5.41) is 0.127. The lowest BCUT2D eigenvalue weighted by Gasteiger charge is -2.07. The minimum Gasteiger partial charge on any atom is -0.383 e. The van der Waals surface area contributed by atoms with Crippen LogP contribution in [0.2, 0.25) is 5.02 Å². The fraction of sp³-hybridized carbons (Fsp3) is 0.375. The smallest absolute Gasteiger partial charge is 0.242 e. The van der Waals surface area contributed by atoms with Crippen LogP contribution in [-0.4, -0.2) is 33.7 Å². The van der Waals surface area contributed by atoms with E-state index in [-0.39, 0.29) is 28.9 Å². The van der Waals surface area contributed by atoms with Gasteiger partial charge in [0.25, 0.3) is 0 Å². The highest BCUT2D eigenvalue weighted by molar-refractivity contribution is 7.89. The molecular weight excluding hydrogens is 268 g/mol. The molecule has 4 N–H and O–H groups in total. The molecule has 1 aromatic heterocycles. The molecule has 0 spiro atoms. The van der Waals surface area contributed by atoms with E-state index in [9.17, 15) is 8.42 Å². The fourth-order valence-electron chi connectivity index (χ4n) is 1.03. The third-order valence-corrected chi connectivity index (χ3v) is 3.58. The molecule has 0 saturated heterocycles. The maximum atomic E-state index is 11.7. The van der Waals surface area contributed by atoms with Gasteiger partial charge in [-0.2, -0.15) is 0 Å². The SMILES string of the molecule is COCCNS(=O)(=O)c1cnc(NN)c(Cl)c1. The number of hydrogen-bond donors (Lipinski definition) is 3. The van der Waals surface area contributed by atoms with Crippen molar-refractivity contribution in [3.05, 3.63) is 17.3 Å². The van der Waals surface area contributed by atoms with Crippen molar-refractivity contribution in [2.45, 2.75) is 4.90 Å². The van der Waals surface area contributed by atoms with Gasteiger partial charge in [0.15, 0.2) is 5.82 Å². The van der Waals surface area contributed by atoms with Crippen LogP contribution in [0.25, 0.3) is 0 Å². The summed E-state index contributed by atoms with van der Waals surface area (Å²) in [4.78, 5) is 3.74. The van der Waals surface area contributed by atoms with Gasteiger partial charge in [-0.3, -0.25) is 0 Å². The van der Waals surface area contributed by atoms with E-state index in [1.165, 1.54) is 13.2 Å². The molecule has 0 aliphatic carbocycles. The first-order valence-corrected chi connectivity index (χ1v) is 6.48. The van der Waals surface area contributed by atoms with Crippen molar-refractivity contribution in [3.63, 3.8) is 0 Å². The molecule has 96 valence electrons. The van der Waals surface area contributed by atoms with E-state index in [4.69, 9.17) is 22.2 Å². The van der Waals surface area contributed by atoms with Crippen molar-refractivity contribution in [3.8, 4) is 0 Å². The van der Waals surface area contributed by atoms with E-state index >= 15 is 0 Å². The van der Waals surface area contributed by atoms with E-state index < -0.39 is 10.0 Å². The van der Waals surface area contributed by atoms with E-state index in [1.54, 1.807) is 0 Å². The average Bonchev–Trinajstić information content (AvgIpc) is 2.29. The number of methoxy groups -OCH3 is 1. The number of hydrazine groups is 1. The van der Waals surface area contributed by atoms with Gasteiger partial charge in [-0.1, -0.05) is 11.6 Å². The number of nitrogen functional groups attached to an aromatic ring is 1. The van der Waals surface area contributed by atoms with E-state index in [0.29, 0.717) is 0 Å². The van der Waals surface area contributed by atoms with Gasteiger partial charge in [0.05, 0.1) is 11.6 Å². The second-order valence-corrected chi connectivity index (χ2v) is 5.21. The van der Waals surface area contributed by atoms with Crippen molar-refractivity contribution in [1.82, 2.24) is 9.71 Å². The fourth-order valence-corrected chi connectivity index (χ4v) is 2.30. The zero-order valence-electron chi connectivity index (χ0n) is 9.10. The predicted molar refractivity (Wildman–Crippen MR) is 64.1 cm³/mol. The predicted octanol–water partition coefficient (Wildman–Crippen LogP) is -0.0547. The molecule has 0 atom stereocenters. The quantitative estimate of drug-likeness (QED) is 0.383. The molecule has 1 heterocycles. The highest BCUT2D eigenvalue weighted by atomic mass is 35.5. The van der Waals surface area contributed by atoms with Crippen molar-refractivity contribution in [2.24, 2.45) is 5.84 Å². The first kappa shape index (κ1) is 14.1. The number of nitrogens with two attached hydrogens (primary N) is 1. The molecule has 0 bridgehead atoms. The molecule has 0 aromatic carbocycles. The number of rotatable bonds is 6. The number of halogens is 1. The lowest BCUT2D eigenvalue weighted by Crippen LogP contribution is -2.27. The van der Waals surface area contributed by atoms with Crippen LogP contribution >= 0.6 is 11.6 Å². The van der Waals surface area contributed by atoms with Gasteiger partial charge in [-0.25, -0.2) is 24.0 Å². The Hall–Kier alpha value is -0.930. The molecule has 0 unspecified atom stereocenters. The largest absolute Gasteiger partial charge is 0.383 e. The zero-order chi connectivity index (χ0) is 12.9. The van der Waals surface area contributed by atoms with Gasteiger partial charge < -0.3 is 10.2 Å². The summed E-state index contributed by atoms with van der Waals surface area (Å²) in [5.41, 5.74) is 2.25. The van der Waals surface area contributed by atoms with Crippen LogP contribution in [0.4, 0.5) is 5.82 Å². The molecule has 1 aromatic rings. The van der Waals surface area contributed by atoms with Gasteiger partial charge >= 0.3 is 0 Å². The molecule has 17 heavy (non-hydrogen) atoms. The van der Waals surface area contributed by atoms with Crippen LogP contribution in [-0.2, 0) is 14.8 Å². The second kappa shape index (κ2) is 6.12. The van der Waals surface area contributed by atoms with Crippen molar-refractivity contribution in [2.75, 3.05) is 25.7 Å². The van der Waals surface area contributed by atoms with Crippen LogP contribution in [0.1, 0.15) is 0 Å². The second-order valence-electron chi connectivity index (χ2n) is 3.04. The lowest BCUT2D eigenvalue weighted by molar-refractivity contribution is 0.204. The first-order chi connectivity index (χ1) is 8.01. The van der Waals surface area contributed by atoms with Crippen LogP contribution < -0.4 is 16.0 Å². The Morgan fingerprint density at radius 2 is 2.29 bits per heavy atom. The van der Waals surface area contributed by atoms with E-state index in [1.807, 2.05) is 0 Å². The minimum absolute atomic E-state index is 0.0300. The Kier molecular flexibility index (Phi) is 5.09. The lowest BCUT2D eigenvalue weighted by atomic mass is 10.5. The Balaban J connectivity index is 2.88. The summed E-state index contributed by atoms with van der Waals surface area (Å²) in [6, 6.07) is 1.26. The molecule has 0 aliphatic heterocycles. The average molecular weight is 281 g/mol. The number of anilines is 1. The summed E-state index contributed by atoms with van der Waals surface area (Å²) in [6.45, 7) is 0.455. The van der Waals surface area contributed by atoms with Crippen LogP contribution in [0.3, 0.4) is 0 Å². The molecule has 1 rings (SSSR count). The number of nitrogens with zero attached hydrogens (tertiary/aromatic N) is 1. The summed E-state index contributed by atoms with van der Waals surface area (Å²) in [5.74, 6) is 5.34. The Bertz CT molecular complexity index is 480. The Labute approximate surface area is 104 Å². The van der Waals surface area contributed by atoms with Crippen LogP contribution in [0.5, 0.6) is 0 Å². The van der Waals surface area contributed by atoms with Gasteiger partial charge in [0, 0.05) is 19.9 Å². The molecule has 0 amide bonds. The van der Waals surface area contributed by atoms with Crippen LogP contribution in [0.15, 0.2) is 17.2 Å². The number of nitrogens with one attached hydrogen (secondary N) is 2. The Morgan fingerprint density at radius 3 is 2.82 bits per heavy atom. The molecular formula is C8H13ClN4O3S. The maximum absolute atomic E-state index is 11.7. The number of aromatic nitrogens is 1. The molecule has 0 saturated carbocycles. The number of sulfonamides is 1. The maximum Gasteiger partial charge on any atom is 0.242 e. The van der Waals surface area contributed by atoms with Gasteiger partial charge in [-0.05, 0) is 6.07 Å². The highest BCUT2D eigenvalue weighted by Gasteiger charge is 2.15. The van der Waals surface area contributed by atoms with Crippen molar-refractivity contribution in [1.29, 1.82) is 0 Å². The third kappa shape index (κ3) is 3.79. The minimum atomic E-state index is -3.63. The van der Waals surface area contributed by atoms with E-state index in [2.05, 4.69) is 15.1 Å². The van der Waals surface area contributed by atoms with Crippen molar-refractivity contribution < 1.29 is 13.2 Å². The standard InChI is InChI=1S/C8H13ClN4O3S/c1-16-3-2-12-17(14,15)6-4-7(9)8(13-10)11-5-6/h4-5,12H,2-3,10H2,1H3,(H,11,13). The van der Waals surface area contributed by atoms with Gasteiger partial charge in [0.1, 0.15) is 4.90 Å². The molecule has 7 nitrogen and oxygen atoms in total. The summed E-state index contributed by atoms with van der Waals surface area (Å²) in [7, 11) is -2.14. The number of pyridine rings is 1. The molecule has 9 heteroatoms. The molecule has 0 radical (unpaired) electrons. The third-order valence-electron chi connectivity index (χ3n) is 1.86.